The molecule has 11 heteroatoms. The van der Waals surface area contributed by atoms with Crippen molar-refractivity contribution < 1.29 is 27.8 Å². The molecule has 1 aromatic rings. The topological polar surface area (TPSA) is 171 Å². The standard InChI is InChI=1S/C9H7N3O7S/c10-2-1-8(13)11-6-3-5(12(15)16)4-7(9(6)14)20(17,18)19/h3-4,14H,1H2,(H,11,13)(H,17,18,19). The fourth-order valence-corrected chi connectivity index (χ4v) is 1.88. The Kier molecular flexibility index (Phi) is 4.23. The lowest BCUT2D eigenvalue weighted by Crippen LogP contribution is -2.12. The number of nitro benzene ring substituents is 1. The number of non-ortho nitro benzene ring substituents is 1. The van der Waals surface area contributed by atoms with Gasteiger partial charge in [0.25, 0.3) is 15.8 Å². The monoisotopic (exact) mass is 301 g/mol. The molecule has 1 aromatic carbocycles. The lowest BCUT2D eigenvalue weighted by atomic mass is 10.2. The van der Waals surface area contributed by atoms with E-state index in [9.17, 15) is 28.4 Å². The lowest BCUT2D eigenvalue weighted by Gasteiger charge is -2.08. The van der Waals surface area contributed by atoms with Crippen LogP contribution in [0.4, 0.5) is 11.4 Å². The predicted octanol–water partition coefficient (Wildman–Crippen LogP) is 0.399. The van der Waals surface area contributed by atoms with Crippen molar-refractivity contribution in [2.75, 3.05) is 5.32 Å². The number of hydrogen-bond donors (Lipinski definition) is 3. The highest BCUT2D eigenvalue weighted by molar-refractivity contribution is 7.86. The molecule has 1 amide bonds. The lowest BCUT2D eigenvalue weighted by molar-refractivity contribution is -0.385. The second kappa shape index (κ2) is 5.51. The Labute approximate surface area is 112 Å². The maximum Gasteiger partial charge on any atom is 0.298 e. The largest absolute Gasteiger partial charge is 0.504 e. The van der Waals surface area contributed by atoms with Gasteiger partial charge >= 0.3 is 0 Å². The van der Waals surface area contributed by atoms with Crippen LogP contribution in [0.25, 0.3) is 0 Å². The Balaban J connectivity index is 3.44. The number of hydrogen-bond acceptors (Lipinski definition) is 7. The van der Waals surface area contributed by atoms with Gasteiger partial charge in [-0.3, -0.25) is 19.5 Å². The molecular weight excluding hydrogens is 294 g/mol. The van der Waals surface area contributed by atoms with E-state index in [-0.39, 0.29) is 0 Å². The molecule has 106 valence electrons. The zero-order chi connectivity index (χ0) is 15.5. The van der Waals surface area contributed by atoms with Gasteiger partial charge in [0.15, 0.2) is 5.75 Å². The van der Waals surface area contributed by atoms with Gasteiger partial charge in [0.1, 0.15) is 11.3 Å². The molecule has 0 unspecified atom stereocenters. The minimum Gasteiger partial charge on any atom is -0.504 e. The van der Waals surface area contributed by atoms with Gasteiger partial charge in [-0.1, -0.05) is 0 Å². The van der Waals surface area contributed by atoms with Crippen LogP contribution >= 0.6 is 0 Å². The molecule has 0 saturated heterocycles. The second-order valence-corrected chi connectivity index (χ2v) is 4.85. The number of benzene rings is 1. The molecule has 0 spiro atoms. The highest BCUT2D eigenvalue weighted by Crippen LogP contribution is 2.35. The summed E-state index contributed by atoms with van der Waals surface area (Å²) in [5.74, 6) is -1.98. The molecule has 0 atom stereocenters. The van der Waals surface area contributed by atoms with Crippen LogP contribution in [0.15, 0.2) is 17.0 Å². The van der Waals surface area contributed by atoms with Gasteiger partial charge in [0.2, 0.25) is 5.91 Å². The molecular formula is C9H7N3O7S. The summed E-state index contributed by atoms with van der Waals surface area (Å²) in [5.41, 5.74) is -1.38. The van der Waals surface area contributed by atoms with Crippen LogP contribution < -0.4 is 5.32 Å². The van der Waals surface area contributed by atoms with E-state index in [4.69, 9.17) is 9.81 Å². The van der Waals surface area contributed by atoms with Crippen LogP contribution in [0.5, 0.6) is 5.75 Å². The highest BCUT2D eigenvalue weighted by Gasteiger charge is 2.24. The number of carbonyl (C=O) groups is 1. The van der Waals surface area contributed by atoms with Gasteiger partial charge in [0, 0.05) is 12.1 Å². The fraction of sp³-hybridized carbons (Fsp3) is 0.111. The van der Waals surface area contributed by atoms with E-state index < -0.39 is 49.4 Å². The normalized spacial score (nSPS) is 10.6. The molecule has 1 rings (SSSR count). The van der Waals surface area contributed by atoms with Crippen molar-refractivity contribution in [1.29, 1.82) is 5.26 Å². The molecule has 20 heavy (non-hydrogen) atoms. The molecule has 0 bridgehead atoms. The zero-order valence-corrected chi connectivity index (χ0v) is 10.4. The summed E-state index contributed by atoms with van der Waals surface area (Å²) in [6.45, 7) is 0. The molecule has 0 fully saturated rings. The summed E-state index contributed by atoms with van der Waals surface area (Å²) in [6.07, 6.45) is -0.608. The number of aromatic hydroxyl groups is 1. The van der Waals surface area contributed by atoms with Gasteiger partial charge in [0.05, 0.1) is 16.7 Å². The maximum atomic E-state index is 11.2. The predicted molar refractivity (Wildman–Crippen MR) is 63.4 cm³/mol. The third-order valence-electron chi connectivity index (χ3n) is 2.06. The van der Waals surface area contributed by atoms with E-state index in [1.165, 1.54) is 6.07 Å². The first kappa shape index (κ1) is 15.3. The third kappa shape index (κ3) is 3.40. The first-order valence-corrected chi connectivity index (χ1v) is 6.26. The SMILES string of the molecule is N#CCC(=O)Nc1cc([N+](=O)[O-])cc(S(=O)(=O)O)c1O. The average Bonchev–Trinajstić information content (AvgIpc) is 2.30. The minimum absolute atomic E-state index is 0.435. The molecule has 0 aliphatic rings. The first-order valence-electron chi connectivity index (χ1n) is 4.82. The Bertz CT molecular complexity index is 720. The molecule has 0 saturated carbocycles. The van der Waals surface area contributed by atoms with Gasteiger partial charge in [-0.25, -0.2) is 0 Å². The molecule has 10 nitrogen and oxygen atoms in total. The van der Waals surface area contributed by atoms with E-state index in [1.807, 2.05) is 5.32 Å². The summed E-state index contributed by atoms with van der Waals surface area (Å²) >= 11 is 0. The fourth-order valence-electron chi connectivity index (χ4n) is 1.26. The molecule has 0 aromatic heterocycles. The Morgan fingerprint density at radius 1 is 1.50 bits per heavy atom. The van der Waals surface area contributed by atoms with Crippen molar-refractivity contribution in [3.8, 4) is 11.8 Å². The van der Waals surface area contributed by atoms with Crippen molar-refractivity contribution in [3.05, 3.63) is 22.2 Å². The van der Waals surface area contributed by atoms with E-state index in [1.54, 1.807) is 0 Å². The highest BCUT2D eigenvalue weighted by atomic mass is 32.2. The minimum atomic E-state index is -4.93. The number of anilines is 1. The molecule has 3 N–H and O–H groups in total. The summed E-state index contributed by atoms with van der Waals surface area (Å²) in [4.78, 5) is 19.7. The average molecular weight is 301 g/mol. The second-order valence-electron chi connectivity index (χ2n) is 3.46. The molecule has 0 heterocycles. The number of rotatable bonds is 4. The van der Waals surface area contributed by atoms with Crippen molar-refractivity contribution in [2.45, 2.75) is 11.3 Å². The molecule has 0 radical (unpaired) electrons. The van der Waals surface area contributed by atoms with Crippen LogP contribution in [-0.2, 0) is 14.9 Å². The number of phenolic OH excluding ortho intramolecular Hbond substituents is 1. The summed E-state index contributed by atoms with van der Waals surface area (Å²) in [6, 6.07) is 2.62. The number of carbonyl (C=O) groups excluding carboxylic acids is 1. The summed E-state index contributed by atoms with van der Waals surface area (Å²) in [5, 5.41) is 30.4. The van der Waals surface area contributed by atoms with E-state index in [0.29, 0.717) is 12.1 Å². The van der Waals surface area contributed by atoms with E-state index >= 15 is 0 Å². The molecule has 0 aliphatic heterocycles. The van der Waals surface area contributed by atoms with Crippen LogP contribution in [0.3, 0.4) is 0 Å². The summed E-state index contributed by atoms with van der Waals surface area (Å²) < 4.78 is 30.9. The number of nitriles is 1. The number of nitrogens with one attached hydrogen (secondary N) is 1. The molecule has 0 aliphatic carbocycles. The van der Waals surface area contributed by atoms with Gasteiger partial charge in [-0.2, -0.15) is 13.7 Å². The maximum absolute atomic E-state index is 11.2. The first-order chi connectivity index (χ1) is 9.16. The van der Waals surface area contributed by atoms with Gasteiger partial charge in [-0.05, 0) is 0 Å². The van der Waals surface area contributed by atoms with E-state index in [2.05, 4.69) is 0 Å². The Morgan fingerprint density at radius 3 is 2.55 bits per heavy atom. The van der Waals surface area contributed by atoms with Crippen molar-refractivity contribution in [1.82, 2.24) is 0 Å². The van der Waals surface area contributed by atoms with Crippen molar-refractivity contribution >= 4 is 27.4 Å². The summed E-state index contributed by atoms with van der Waals surface area (Å²) in [7, 11) is -4.93. The van der Waals surface area contributed by atoms with E-state index in [0.717, 1.165) is 0 Å². The van der Waals surface area contributed by atoms with Crippen LogP contribution in [0.1, 0.15) is 6.42 Å². The Hall–Kier alpha value is -2.71. The number of nitro groups is 1. The van der Waals surface area contributed by atoms with Crippen LogP contribution in [0.2, 0.25) is 0 Å². The quantitative estimate of drug-likeness (QED) is 0.310. The number of amides is 1. The smallest absolute Gasteiger partial charge is 0.298 e. The number of phenols is 1. The van der Waals surface area contributed by atoms with Gasteiger partial charge < -0.3 is 10.4 Å². The zero-order valence-electron chi connectivity index (χ0n) is 9.60. The van der Waals surface area contributed by atoms with Crippen LogP contribution in [0, 0.1) is 21.4 Å². The number of nitrogens with zero attached hydrogens (tertiary/aromatic N) is 2. The van der Waals surface area contributed by atoms with Crippen LogP contribution in [-0.4, -0.2) is 28.9 Å². The van der Waals surface area contributed by atoms with Crippen molar-refractivity contribution in [2.24, 2.45) is 0 Å². The Morgan fingerprint density at radius 2 is 2.10 bits per heavy atom. The van der Waals surface area contributed by atoms with Crippen molar-refractivity contribution in [3.63, 3.8) is 0 Å². The third-order valence-corrected chi connectivity index (χ3v) is 2.93. The van der Waals surface area contributed by atoms with Gasteiger partial charge in [-0.15, -0.1) is 0 Å².